The molecule has 8 heteroatoms. The Morgan fingerprint density at radius 1 is 1.18 bits per heavy atom. The van der Waals surface area contributed by atoms with Gasteiger partial charge < -0.3 is 24.8 Å². The number of benzene rings is 2. The number of pyridine rings is 1. The zero-order chi connectivity index (χ0) is 22.9. The molecule has 2 fully saturated rings. The van der Waals surface area contributed by atoms with Crippen molar-refractivity contribution in [2.24, 2.45) is 0 Å². The molecule has 2 heterocycles. The summed E-state index contributed by atoms with van der Waals surface area (Å²) in [5.74, 6) is 1.75. The molecule has 8 nitrogen and oxygen atoms in total. The predicted molar refractivity (Wildman–Crippen MR) is 124 cm³/mol. The number of urea groups is 1. The van der Waals surface area contributed by atoms with Crippen LogP contribution in [0, 0.1) is 20.4 Å². The fourth-order valence-electron chi connectivity index (χ4n) is 3.51. The Morgan fingerprint density at radius 3 is 2.73 bits per heavy atom. The van der Waals surface area contributed by atoms with Crippen molar-refractivity contribution in [1.29, 1.82) is 0 Å². The third kappa shape index (κ3) is 4.69. The maximum Gasteiger partial charge on any atom is 0.319 e. The van der Waals surface area contributed by atoms with Crippen molar-refractivity contribution in [2.45, 2.75) is 38.8 Å². The van der Waals surface area contributed by atoms with E-state index in [4.69, 9.17) is 20.8 Å². The first-order chi connectivity index (χ1) is 16.0. The zero-order valence-corrected chi connectivity index (χ0v) is 18.5. The lowest BCUT2D eigenvalue weighted by atomic mass is 10.1. The predicted octanol–water partition coefficient (Wildman–Crippen LogP) is 5.26. The lowest BCUT2D eigenvalue weighted by molar-refractivity contribution is 0.251. The molecule has 33 heavy (non-hydrogen) atoms. The molecule has 1 aliphatic heterocycles. The van der Waals surface area contributed by atoms with E-state index in [0.29, 0.717) is 47.7 Å². The minimum Gasteiger partial charge on any atom is -0.502 e. The van der Waals surface area contributed by atoms with E-state index in [2.05, 4.69) is 20.5 Å². The molecule has 1 aromatic heterocycles. The van der Waals surface area contributed by atoms with E-state index in [9.17, 15) is 4.79 Å². The van der Waals surface area contributed by atoms with Crippen LogP contribution in [0.15, 0.2) is 36.5 Å². The van der Waals surface area contributed by atoms with Gasteiger partial charge in [0.2, 0.25) is 5.69 Å². The minimum absolute atomic E-state index is 0.102. The second kappa shape index (κ2) is 8.60. The number of nitrogens with zero attached hydrogens (tertiary/aromatic N) is 2. The maximum atomic E-state index is 12.1. The molecule has 2 aliphatic rings. The molecule has 168 valence electrons. The number of nitrogens with one attached hydrogen (secondary N) is 2. The Kier molecular flexibility index (Phi) is 5.48. The average molecular weight is 444 g/mol. The molecule has 1 saturated heterocycles. The first-order valence-corrected chi connectivity index (χ1v) is 10.9. The number of ether oxygens (including phenoxy) is 3. The van der Waals surface area contributed by atoms with Crippen molar-refractivity contribution in [3.8, 4) is 17.2 Å². The summed E-state index contributed by atoms with van der Waals surface area (Å²) >= 11 is 0. The number of hydrogen-bond donors (Lipinski definition) is 2. The number of fused-ring (bicyclic) bond motifs is 1. The van der Waals surface area contributed by atoms with Crippen LogP contribution < -0.4 is 20.1 Å². The molecule has 2 aromatic carbocycles. The highest BCUT2D eigenvalue weighted by Gasteiger charge is 2.24. The van der Waals surface area contributed by atoms with Gasteiger partial charge in [0.05, 0.1) is 18.7 Å². The molecule has 0 spiro atoms. The van der Waals surface area contributed by atoms with E-state index in [1.54, 1.807) is 24.4 Å². The van der Waals surface area contributed by atoms with Gasteiger partial charge in [-0.2, -0.15) is 0 Å². The van der Waals surface area contributed by atoms with Crippen LogP contribution in [0.25, 0.3) is 15.7 Å². The summed E-state index contributed by atoms with van der Waals surface area (Å²) in [4.78, 5) is 20.2. The van der Waals surface area contributed by atoms with Crippen molar-refractivity contribution < 1.29 is 19.0 Å². The van der Waals surface area contributed by atoms with Gasteiger partial charge in [-0.1, -0.05) is 0 Å². The van der Waals surface area contributed by atoms with E-state index in [1.807, 2.05) is 26.0 Å². The number of carbonyl (C=O) groups is 1. The largest absolute Gasteiger partial charge is 0.502 e. The van der Waals surface area contributed by atoms with Gasteiger partial charge in [0.15, 0.2) is 0 Å². The lowest BCUT2D eigenvalue weighted by Crippen LogP contribution is -2.30. The third-order valence-electron chi connectivity index (χ3n) is 5.85. The highest BCUT2D eigenvalue weighted by atomic mass is 16.6. The zero-order valence-electron chi connectivity index (χ0n) is 18.5. The van der Waals surface area contributed by atoms with Crippen molar-refractivity contribution in [1.82, 2.24) is 10.3 Å². The molecule has 0 bridgehead atoms. The number of rotatable bonds is 7. The van der Waals surface area contributed by atoms with Gasteiger partial charge in [0.25, 0.3) is 0 Å². The molecule has 1 aliphatic carbocycles. The number of aromatic nitrogens is 1. The molecule has 0 radical (unpaired) electrons. The summed E-state index contributed by atoms with van der Waals surface area (Å²) in [5, 5.41) is 6.57. The number of carbonyl (C=O) groups excluding carboxylic acids is 1. The summed E-state index contributed by atoms with van der Waals surface area (Å²) < 4.78 is 17.2. The van der Waals surface area contributed by atoms with Gasteiger partial charge in [-0.15, -0.1) is 0 Å². The summed E-state index contributed by atoms with van der Waals surface area (Å²) in [5.41, 5.74) is 3.66. The molecule has 2 amide bonds. The number of epoxide rings is 1. The van der Waals surface area contributed by atoms with Gasteiger partial charge in [-0.05, 0) is 68.1 Å². The first kappa shape index (κ1) is 21.0. The molecular weight excluding hydrogens is 420 g/mol. The highest BCUT2D eigenvalue weighted by Crippen LogP contribution is 2.39. The van der Waals surface area contributed by atoms with Crippen molar-refractivity contribution in [3.63, 3.8) is 0 Å². The topological polar surface area (TPSA) is 89.4 Å². The van der Waals surface area contributed by atoms with E-state index >= 15 is 0 Å². The molecule has 5 rings (SSSR count). The van der Waals surface area contributed by atoms with Crippen LogP contribution in [0.3, 0.4) is 0 Å². The van der Waals surface area contributed by atoms with Crippen LogP contribution in [0.1, 0.15) is 24.0 Å². The Hall–Kier alpha value is -3.83. The molecule has 3 aromatic rings. The van der Waals surface area contributed by atoms with Crippen molar-refractivity contribution >= 4 is 28.3 Å². The monoisotopic (exact) mass is 444 g/mol. The summed E-state index contributed by atoms with van der Waals surface area (Å²) in [6, 6.07) is 9.07. The van der Waals surface area contributed by atoms with Gasteiger partial charge in [-0.25, -0.2) is 9.64 Å². The quantitative estimate of drug-likeness (QED) is 0.383. The van der Waals surface area contributed by atoms with Crippen LogP contribution in [-0.4, -0.2) is 36.4 Å². The van der Waals surface area contributed by atoms with Gasteiger partial charge >= 0.3 is 6.03 Å². The number of amides is 2. The smallest absolute Gasteiger partial charge is 0.319 e. The maximum absolute atomic E-state index is 12.1. The fraction of sp³-hybridized carbons (Fsp3) is 0.320. The number of anilines is 1. The number of hydrogen-bond acceptors (Lipinski definition) is 5. The average Bonchev–Trinajstić information content (AvgIpc) is 3.73. The molecule has 1 saturated carbocycles. The molecule has 0 unspecified atom stereocenters. The van der Waals surface area contributed by atoms with Crippen molar-refractivity contribution in [2.75, 3.05) is 18.5 Å². The fourth-order valence-corrected chi connectivity index (χ4v) is 3.51. The Morgan fingerprint density at radius 2 is 2.00 bits per heavy atom. The highest BCUT2D eigenvalue weighted by molar-refractivity contribution is 5.92. The molecule has 2 N–H and O–H groups in total. The SMILES string of the molecule is [C-]#[N+]c1cc2c(Oc3ccc(NC(=O)NC4CC4)c(C)c3C)ccnc2cc1OC[C@H]1CO1. The lowest BCUT2D eigenvalue weighted by Gasteiger charge is -2.16. The van der Waals surface area contributed by atoms with Gasteiger partial charge in [0.1, 0.15) is 30.0 Å². The molecular formula is C25H24N4O4. The first-order valence-electron chi connectivity index (χ1n) is 10.9. The van der Waals surface area contributed by atoms with Gasteiger partial charge in [0, 0.05) is 23.3 Å². The Bertz CT molecular complexity index is 1280. The van der Waals surface area contributed by atoms with E-state index < -0.39 is 0 Å². The summed E-state index contributed by atoms with van der Waals surface area (Å²) in [6.45, 7) is 12.6. The second-order valence-corrected chi connectivity index (χ2v) is 8.36. The van der Waals surface area contributed by atoms with Crippen molar-refractivity contribution in [3.05, 3.63) is 59.1 Å². The van der Waals surface area contributed by atoms with E-state index in [0.717, 1.165) is 35.0 Å². The Labute approximate surface area is 191 Å². The van der Waals surface area contributed by atoms with Crippen LogP contribution >= 0.6 is 0 Å². The van der Waals surface area contributed by atoms with Gasteiger partial charge in [-0.3, -0.25) is 4.98 Å². The van der Waals surface area contributed by atoms with Crippen LogP contribution in [-0.2, 0) is 4.74 Å². The van der Waals surface area contributed by atoms with Crippen LogP contribution in [0.5, 0.6) is 17.2 Å². The normalized spacial score (nSPS) is 16.7. The minimum atomic E-state index is -0.188. The standard InChI is InChI=1S/C25H24N4O4/c1-14-15(2)22(7-6-19(14)29-25(30)28-16-4-5-16)33-23-8-9-27-20-11-24(32-13-17-12-31-17)21(26-3)10-18(20)23/h6-11,16-17H,4-5,12-13H2,1-2H3,(H2,28,29,30)/t17-/m1/s1. The Balaban J connectivity index is 1.40. The van der Waals surface area contributed by atoms with Crippen LogP contribution in [0.4, 0.5) is 16.2 Å². The summed E-state index contributed by atoms with van der Waals surface area (Å²) in [7, 11) is 0. The second-order valence-electron chi connectivity index (χ2n) is 8.36. The summed E-state index contributed by atoms with van der Waals surface area (Å²) in [6.07, 6.45) is 3.85. The van der Waals surface area contributed by atoms with Crippen LogP contribution in [0.2, 0.25) is 0 Å². The van der Waals surface area contributed by atoms with E-state index in [-0.39, 0.29) is 12.1 Å². The third-order valence-corrected chi connectivity index (χ3v) is 5.85. The molecule has 1 atom stereocenters. The van der Waals surface area contributed by atoms with E-state index in [1.165, 1.54) is 0 Å².